The van der Waals surface area contributed by atoms with Gasteiger partial charge in [0.2, 0.25) is 0 Å². The van der Waals surface area contributed by atoms with Gasteiger partial charge in [-0.3, -0.25) is 0 Å². The standard InChI is InChI=1S/C16H21NO2S/c1-4-17(5-2)13-9-12-15(16(18)19-3)20-14-10-7-6-8-11-14/h6-13H,4-5H2,1-3H3/b13-9+,15-12+. The second kappa shape index (κ2) is 9.26. The van der Waals surface area contributed by atoms with Crippen LogP contribution in [0.4, 0.5) is 0 Å². The van der Waals surface area contributed by atoms with E-state index in [0.717, 1.165) is 18.0 Å². The predicted octanol–water partition coefficient (Wildman–Crippen LogP) is 3.69. The van der Waals surface area contributed by atoms with Crippen molar-refractivity contribution in [2.45, 2.75) is 18.7 Å². The Morgan fingerprint density at radius 2 is 1.90 bits per heavy atom. The summed E-state index contributed by atoms with van der Waals surface area (Å²) in [6, 6.07) is 9.78. The number of rotatable bonds is 7. The molecule has 0 saturated heterocycles. The molecule has 4 heteroatoms. The molecule has 20 heavy (non-hydrogen) atoms. The van der Waals surface area contributed by atoms with Crippen LogP contribution in [0.5, 0.6) is 0 Å². The van der Waals surface area contributed by atoms with Gasteiger partial charge in [-0.15, -0.1) is 0 Å². The number of nitrogens with zero attached hydrogens (tertiary/aromatic N) is 1. The van der Waals surface area contributed by atoms with Gasteiger partial charge in [-0.25, -0.2) is 4.79 Å². The fourth-order valence-electron chi connectivity index (χ4n) is 1.55. The molecule has 0 radical (unpaired) electrons. The molecule has 0 unspecified atom stereocenters. The van der Waals surface area contributed by atoms with Gasteiger partial charge in [0.1, 0.15) is 0 Å². The fraction of sp³-hybridized carbons (Fsp3) is 0.312. The maximum Gasteiger partial charge on any atom is 0.344 e. The Hall–Kier alpha value is -1.68. The molecule has 0 N–H and O–H groups in total. The summed E-state index contributed by atoms with van der Waals surface area (Å²) in [7, 11) is 1.40. The first kappa shape index (κ1) is 16.4. The summed E-state index contributed by atoms with van der Waals surface area (Å²) >= 11 is 1.41. The van der Waals surface area contributed by atoms with E-state index in [4.69, 9.17) is 4.74 Å². The van der Waals surface area contributed by atoms with Crippen LogP contribution in [0.2, 0.25) is 0 Å². The molecule has 0 aliphatic carbocycles. The summed E-state index contributed by atoms with van der Waals surface area (Å²) in [5.41, 5.74) is 0. The summed E-state index contributed by atoms with van der Waals surface area (Å²) in [4.78, 5) is 15.5. The lowest BCUT2D eigenvalue weighted by Gasteiger charge is -2.14. The first-order valence-electron chi connectivity index (χ1n) is 6.65. The SMILES string of the molecule is CCN(/C=C/C=C(/Sc1ccccc1)C(=O)OC)CC. The number of benzene rings is 1. The lowest BCUT2D eigenvalue weighted by Crippen LogP contribution is -2.14. The van der Waals surface area contributed by atoms with Crippen LogP contribution in [0.3, 0.4) is 0 Å². The van der Waals surface area contributed by atoms with Crippen LogP contribution >= 0.6 is 11.8 Å². The van der Waals surface area contributed by atoms with Gasteiger partial charge in [0.25, 0.3) is 0 Å². The van der Waals surface area contributed by atoms with Crippen LogP contribution in [0, 0.1) is 0 Å². The average Bonchev–Trinajstić information content (AvgIpc) is 2.50. The molecule has 0 bridgehead atoms. The zero-order chi connectivity index (χ0) is 14.8. The Balaban J connectivity index is 2.81. The van der Waals surface area contributed by atoms with Gasteiger partial charge in [0, 0.05) is 18.0 Å². The van der Waals surface area contributed by atoms with E-state index in [-0.39, 0.29) is 5.97 Å². The quantitative estimate of drug-likeness (QED) is 0.332. The molecular formula is C16H21NO2S. The molecule has 0 spiro atoms. The van der Waals surface area contributed by atoms with Crippen molar-refractivity contribution < 1.29 is 9.53 Å². The van der Waals surface area contributed by atoms with E-state index in [9.17, 15) is 4.79 Å². The van der Waals surface area contributed by atoms with Gasteiger partial charge in [0.15, 0.2) is 0 Å². The van der Waals surface area contributed by atoms with Crippen LogP contribution in [-0.2, 0) is 9.53 Å². The van der Waals surface area contributed by atoms with E-state index < -0.39 is 0 Å². The number of thioether (sulfide) groups is 1. The third kappa shape index (κ3) is 5.53. The summed E-state index contributed by atoms with van der Waals surface area (Å²) in [5.74, 6) is -0.317. The first-order chi connectivity index (χ1) is 9.71. The number of carbonyl (C=O) groups is 1. The van der Waals surface area contributed by atoms with Crippen molar-refractivity contribution in [3.8, 4) is 0 Å². The average molecular weight is 291 g/mol. The van der Waals surface area contributed by atoms with Crippen molar-refractivity contribution in [1.82, 2.24) is 4.90 Å². The molecule has 0 fully saturated rings. The number of hydrogen-bond acceptors (Lipinski definition) is 4. The van der Waals surface area contributed by atoms with Crippen LogP contribution in [0.1, 0.15) is 13.8 Å². The van der Waals surface area contributed by atoms with E-state index in [2.05, 4.69) is 18.7 Å². The molecule has 1 aromatic rings. The maximum absolute atomic E-state index is 11.8. The first-order valence-corrected chi connectivity index (χ1v) is 7.46. The topological polar surface area (TPSA) is 29.5 Å². The highest BCUT2D eigenvalue weighted by molar-refractivity contribution is 8.04. The van der Waals surface area contributed by atoms with Crippen molar-refractivity contribution in [3.63, 3.8) is 0 Å². The zero-order valence-corrected chi connectivity index (χ0v) is 13.0. The Labute approximate surface area is 125 Å². The summed E-state index contributed by atoms with van der Waals surface area (Å²) < 4.78 is 4.82. The second-order valence-corrected chi connectivity index (χ2v) is 5.12. The minimum Gasteiger partial charge on any atom is -0.465 e. The summed E-state index contributed by atoms with van der Waals surface area (Å²) in [5, 5.41) is 0. The number of carbonyl (C=O) groups excluding carboxylic acids is 1. The molecule has 108 valence electrons. The molecule has 0 amide bonds. The largest absolute Gasteiger partial charge is 0.465 e. The molecule has 0 atom stereocenters. The Morgan fingerprint density at radius 3 is 2.45 bits per heavy atom. The number of esters is 1. The summed E-state index contributed by atoms with van der Waals surface area (Å²) in [6.07, 6.45) is 5.66. The van der Waals surface area contributed by atoms with Gasteiger partial charge in [-0.2, -0.15) is 0 Å². The molecule has 0 aliphatic rings. The summed E-state index contributed by atoms with van der Waals surface area (Å²) in [6.45, 7) is 6.08. The lowest BCUT2D eigenvalue weighted by molar-refractivity contribution is -0.135. The minimum atomic E-state index is -0.317. The van der Waals surface area contributed by atoms with Gasteiger partial charge < -0.3 is 9.64 Å². The predicted molar refractivity (Wildman–Crippen MR) is 84.5 cm³/mol. The lowest BCUT2D eigenvalue weighted by atomic mass is 10.4. The molecule has 0 heterocycles. The van der Waals surface area contributed by atoms with Crippen LogP contribution in [0.25, 0.3) is 0 Å². The number of methoxy groups -OCH3 is 1. The van der Waals surface area contributed by atoms with E-state index >= 15 is 0 Å². The van der Waals surface area contributed by atoms with Crippen LogP contribution < -0.4 is 0 Å². The minimum absolute atomic E-state index is 0.317. The smallest absolute Gasteiger partial charge is 0.344 e. The number of allylic oxidation sites excluding steroid dienone is 2. The van der Waals surface area contributed by atoms with Crippen molar-refractivity contribution >= 4 is 17.7 Å². The van der Waals surface area contributed by atoms with Crippen molar-refractivity contribution in [2.75, 3.05) is 20.2 Å². The molecule has 0 saturated carbocycles. The molecule has 0 aromatic heterocycles. The maximum atomic E-state index is 11.8. The molecule has 1 aromatic carbocycles. The van der Waals surface area contributed by atoms with Gasteiger partial charge in [-0.05, 0) is 44.3 Å². The van der Waals surface area contributed by atoms with Gasteiger partial charge in [0.05, 0.1) is 12.0 Å². The second-order valence-electron chi connectivity index (χ2n) is 4.00. The fourth-order valence-corrected chi connectivity index (χ4v) is 2.41. The third-order valence-electron chi connectivity index (χ3n) is 2.71. The Bertz CT molecular complexity index is 465. The van der Waals surface area contributed by atoms with E-state index in [0.29, 0.717) is 4.91 Å². The Kier molecular flexibility index (Phi) is 7.58. The number of ether oxygens (including phenoxy) is 1. The van der Waals surface area contributed by atoms with Crippen molar-refractivity contribution in [3.05, 3.63) is 53.6 Å². The highest BCUT2D eigenvalue weighted by Crippen LogP contribution is 2.27. The van der Waals surface area contributed by atoms with E-state index in [1.165, 1.54) is 18.9 Å². The Morgan fingerprint density at radius 1 is 1.25 bits per heavy atom. The zero-order valence-electron chi connectivity index (χ0n) is 12.2. The van der Waals surface area contributed by atoms with Crippen LogP contribution in [0.15, 0.2) is 58.5 Å². The van der Waals surface area contributed by atoms with E-state index in [1.54, 1.807) is 6.08 Å². The van der Waals surface area contributed by atoms with Crippen molar-refractivity contribution in [2.24, 2.45) is 0 Å². The highest BCUT2D eigenvalue weighted by Gasteiger charge is 2.10. The molecule has 1 rings (SSSR count). The normalized spacial score (nSPS) is 11.7. The van der Waals surface area contributed by atoms with Crippen molar-refractivity contribution in [1.29, 1.82) is 0 Å². The van der Waals surface area contributed by atoms with Crippen LogP contribution in [-0.4, -0.2) is 31.1 Å². The molecular weight excluding hydrogens is 270 g/mol. The van der Waals surface area contributed by atoms with Gasteiger partial charge >= 0.3 is 5.97 Å². The monoisotopic (exact) mass is 291 g/mol. The molecule has 3 nitrogen and oxygen atoms in total. The van der Waals surface area contributed by atoms with Gasteiger partial charge in [-0.1, -0.05) is 30.0 Å². The third-order valence-corrected chi connectivity index (χ3v) is 3.74. The van der Waals surface area contributed by atoms with E-state index in [1.807, 2.05) is 42.6 Å². The molecule has 0 aliphatic heterocycles. The highest BCUT2D eigenvalue weighted by atomic mass is 32.2. The number of hydrogen-bond donors (Lipinski definition) is 0.